The van der Waals surface area contributed by atoms with Crippen LogP contribution in [0, 0.1) is 6.92 Å². The highest BCUT2D eigenvalue weighted by Gasteiger charge is 2.28. The third kappa shape index (κ3) is 3.90. The van der Waals surface area contributed by atoms with Gasteiger partial charge in [-0.15, -0.1) is 0 Å². The Morgan fingerprint density at radius 3 is 2.72 bits per heavy atom. The molecule has 0 bridgehead atoms. The van der Waals surface area contributed by atoms with Gasteiger partial charge < -0.3 is 4.90 Å². The van der Waals surface area contributed by atoms with Gasteiger partial charge in [0.2, 0.25) is 5.91 Å². The first-order chi connectivity index (χ1) is 14.0. The van der Waals surface area contributed by atoms with Crippen molar-refractivity contribution in [2.45, 2.75) is 31.2 Å². The average Bonchev–Trinajstić information content (AvgIpc) is 3.38. The number of aromatic nitrogens is 1. The monoisotopic (exact) mass is 427 g/mol. The molecule has 0 aliphatic carbocycles. The van der Waals surface area contributed by atoms with Gasteiger partial charge in [0.25, 0.3) is 10.0 Å². The van der Waals surface area contributed by atoms with Crippen molar-refractivity contribution in [3.8, 4) is 0 Å². The Kier molecular flexibility index (Phi) is 5.38. The number of amides is 1. The molecule has 0 atom stereocenters. The first kappa shape index (κ1) is 19.6. The van der Waals surface area contributed by atoms with E-state index < -0.39 is 10.0 Å². The maximum Gasteiger partial charge on any atom is 0.264 e. The Morgan fingerprint density at radius 2 is 2.10 bits per heavy atom. The van der Waals surface area contributed by atoms with Crippen molar-refractivity contribution < 1.29 is 13.2 Å². The van der Waals surface area contributed by atoms with Crippen molar-refractivity contribution in [2.24, 2.45) is 0 Å². The molecule has 6 nitrogen and oxygen atoms in total. The van der Waals surface area contributed by atoms with Crippen molar-refractivity contribution in [1.82, 2.24) is 4.98 Å². The van der Waals surface area contributed by atoms with E-state index in [1.54, 1.807) is 54.5 Å². The summed E-state index contributed by atoms with van der Waals surface area (Å²) < 4.78 is 28.6. The maximum absolute atomic E-state index is 13.6. The highest BCUT2D eigenvalue weighted by Crippen LogP contribution is 2.31. The van der Waals surface area contributed by atoms with Crippen LogP contribution in [-0.4, -0.2) is 25.9 Å². The molecule has 1 saturated heterocycles. The summed E-state index contributed by atoms with van der Waals surface area (Å²) in [6, 6.07) is 10.5. The molecule has 0 radical (unpaired) electrons. The Hall–Kier alpha value is -2.71. The third-order valence-electron chi connectivity index (χ3n) is 4.95. The van der Waals surface area contributed by atoms with Gasteiger partial charge in [0.05, 0.1) is 23.3 Å². The number of carbonyl (C=O) groups excluding carboxylic acids is 1. The zero-order chi connectivity index (χ0) is 20.4. The average molecular weight is 428 g/mol. The molecule has 8 heteroatoms. The molecule has 1 amide bonds. The molecule has 1 aromatic carbocycles. The van der Waals surface area contributed by atoms with E-state index in [2.05, 4.69) is 4.98 Å². The molecule has 0 spiro atoms. The molecule has 29 heavy (non-hydrogen) atoms. The normalized spacial score (nSPS) is 14.4. The second-order valence-corrected chi connectivity index (χ2v) is 9.56. The number of anilines is 2. The van der Waals surface area contributed by atoms with Crippen LogP contribution in [0.15, 0.2) is 64.4 Å². The van der Waals surface area contributed by atoms with Crippen molar-refractivity contribution in [3.63, 3.8) is 0 Å². The summed E-state index contributed by atoms with van der Waals surface area (Å²) in [7, 11) is -3.82. The fourth-order valence-electron chi connectivity index (χ4n) is 3.50. The number of hydrogen-bond donors (Lipinski definition) is 0. The predicted octanol–water partition coefficient (Wildman–Crippen LogP) is 3.97. The second kappa shape index (κ2) is 7.96. The van der Waals surface area contributed by atoms with Crippen molar-refractivity contribution in [3.05, 3.63) is 70.7 Å². The standard InChI is InChI=1S/C21H21N3O3S2/c1-16-12-18(23-10-3-5-21(23)25)6-7-20(16)29(26,27)24(14-17-8-11-28-15-17)19-4-2-9-22-13-19/h2,4,6-9,11-13,15H,3,5,10,14H2,1H3. The maximum atomic E-state index is 13.6. The van der Waals surface area contributed by atoms with Gasteiger partial charge >= 0.3 is 0 Å². The zero-order valence-electron chi connectivity index (χ0n) is 16.0. The summed E-state index contributed by atoms with van der Waals surface area (Å²) in [6.45, 7) is 2.66. The molecule has 1 aliphatic heterocycles. The molecule has 0 unspecified atom stereocenters. The highest BCUT2D eigenvalue weighted by molar-refractivity contribution is 7.92. The van der Waals surface area contributed by atoms with E-state index in [4.69, 9.17) is 0 Å². The first-order valence-corrected chi connectivity index (χ1v) is 11.7. The molecule has 1 aliphatic rings. The number of pyridine rings is 1. The van der Waals surface area contributed by atoms with Crippen LogP contribution in [0.2, 0.25) is 0 Å². The third-order valence-corrected chi connectivity index (χ3v) is 7.62. The summed E-state index contributed by atoms with van der Waals surface area (Å²) in [6.07, 6.45) is 4.53. The summed E-state index contributed by atoms with van der Waals surface area (Å²) in [4.78, 5) is 18.1. The Morgan fingerprint density at radius 1 is 1.24 bits per heavy atom. The Labute approximate surface area is 174 Å². The summed E-state index contributed by atoms with van der Waals surface area (Å²) in [5.74, 6) is 0.0782. The van der Waals surface area contributed by atoms with Gasteiger partial charge in [0.15, 0.2) is 0 Å². The molecule has 1 fully saturated rings. The van der Waals surface area contributed by atoms with Crippen molar-refractivity contribution >= 4 is 38.6 Å². The number of nitrogens with zero attached hydrogens (tertiary/aromatic N) is 3. The predicted molar refractivity (Wildman–Crippen MR) is 115 cm³/mol. The number of thiophene rings is 1. The van der Waals surface area contributed by atoms with E-state index >= 15 is 0 Å². The van der Waals surface area contributed by atoms with Crippen LogP contribution in [0.25, 0.3) is 0 Å². The van der Waals surface area contributed by atoms with Crippen LogP contribution in [0.5, 0.6) is 0 Å². The van der Waals surface area contributed by atoms with E-state index in [0.29, 0.717) is 24.2 Å². The lowest BCUT2D eigenvalue weighted by Crippen LogP contribution is -2.31. The van der Waals surface area contributed by atoms with Crippen LogP contribution in [0.3, 0.4) is 0 Å². The molecule has 4 rings (SSSR count). The highest BCUT2D eigenvalue weighted by atomic mass is 32.2. The molecule has 3 aromatic rings. The summed E-state index contributed by atoms with van der Waals surface area (Å²) in [5.41, 5.74) is 2.78. The molecule has 3 heterocycles. The largest absolute Gasteiger partial charge is 0.312 e. The van der Waals surface area contributed by atoms with E-state index in [1.165, 1.54) is 15.6 Å². The van der Waals surface area contributed by atoms with E-state index in [-0.39, 0.29) is 17.3 Å². The fourth-order valence-corrected chi connectivity index (χ4v) is 5.80. The minimum absolute atomic E-state index is 0.0782. The number of hydrogen-bond acceptors (Lipinski definition) is 5. The Bertz CT molecular complexity index is 1110. The van der Waals surface area contributed by atoms with Gasteiger partial charge in [-0.2, -0.15) is 11.3 Å². The molecule has 2 aromatic heterocycles. The van der Waals surface area contributed by atoms with Crippen molar-refractivity contribution in [2.75, 3.05) is 15.7 Å². The fraction of sp³-hybridized carbons (Fsp3) is 0.238. The van der Waals surface area contributed by atoms with Crippen LogP contribution in [-0.2, 0) is 21.4 Å². The van der Waals surface area contributed by atoms with Crippen LogP contribution in [0.4, 0.5) is 11.4 Å². The second-order valence-electron chi connectivity index (χ2n) is 6.95. The lowest BCUT2D eigenvalue weighted by molar-refractivity contribution is -0.117. The molecule has 0 saturated carbocycles. The smallest absolute Gasteiger partial charge is 0.264 e. The quantitative estimate of drug-likeness (QED) is 0.597. The summed E-state index contributed by atoms with van der Waals surface area (Å²) >= 11 is 1.53. The number of sulfonamides is 1. The van der Waals surface area contributed by atoms with Gasteiger partial charge in [-0.1, -0.05) is 0 Å². The van der Waals surface area contributed by atoms with Crippen LogP contribution in [0.1, 0.15) is 24.0 Å². The van der Waals surface area contributed by atoms with Gasteiger partial charge in [-0.3, -0.25) is 14.1 Å². The zero-order valence-corrected chi connectivity index (χ0v) is 17.6. The summed E-state index contributed by atoms with van der Waals surface area (Å²) in [5, 5.41) is 3.87. The minimum atomic E-state index is -3.82. The van der Waals surface area contributed by atoms with E-state index in [9.17, 15) is 13.2 Å². The van der Waals surface area contributed by atoms with Crippen LogP contribution >= 0.6 is 11.3 Å². The number of aryl methyl sites for hydroxylation is 1. The molecule has 150 valence electrons. The number of benzene rings is 1. The molecular formula is C21H21N3O3S2. The first-order valence-electron chi connectivity index (χ1n) is 9.32. The molecule has 0 N–H and O–H groups in total. The lowest BCUT2D eigenvalue weighted by atomic mass is 10.2. The minimum Gasteiger partial charge on any atom is -0.312 e. The topological polar surface area (TPSA) is 70.6 Å². The van der Waals surface area contributed by atoms with E-state index in [1.807, 2.05) is 16.8 Å². The molecular weight excluding hydrogens is 406 g/mol. The van der Waals surface area contributed by atoms with Gasteiger partial charge in [-0.25, -0.2) is 8.42 Å². The van der Waals surface area contributed by atoms with Gasteiger partial charge in [-0.05, 0) is 71.6 Å². The van der Waals surface area contributed by atoms with Crippen molar-refractivity contribution in [1.29, 1.82) is 0 Å². The SMILES string of the molecule is Cc1cc(N2CCCC2=O)ccc1S(=O)(=O)N(Cc1ccsc1)c1cccnc1. The van der Waals surface area contributed by atoms with Gasteiger partial charge in [0, 0.05) is 24.8 Å². The lowest BCUT2D eigenvalue weighted by Gasteiger charge is -2.25. The van der Waals surface area contributed by atoms with Crippen LogP contribution < -0.4 is 9.21 Å². The Balaban J connectivity index is 1.73. The number of rotatable bonds is 6. The van der Waals surface area contributed by atoms with E-state index in [0.717, 1.165) is 17.7 Å². The number of carbonyl (C=O) groups is 1. The van der Waals surface area contributed by atoms with Gasteiger partial charge in [0.1, 0.15) is 0 Å².